The Morgan fingerprint density at radius 1 is 1.35 bits per heavy atom. The second-order valence-electron chi connectivity index (χ2n) is 4.16. The molecule has 0 amide bonds. The second-order valence-corrected chi connectivity index (χ2v) is 5.16. The molecule has 4 nitrogen and oxygen atoms in total. The minimum absolute atomic E-state index is 0.360. The third-order valence-corrected chi connectivity index (χ3v) is 3.99. The summed E-state index contributed by atoms with van der Waals surface area (Å²) >= 11 is 1.52. The maximum atomic E-state index is 11.4. The summed E-state index contributed by atoms with van der Waals surface area (Å²) < 4.78 is 4.67. The lowest BCUT2D eigenvalue weighted by Crippen LogP contribution is -1.95. The normalized spacial score (nSPS) is 11.2. The van der Waals surface area contributed by atoms with Gasteiger partial charge in [0.2, 0.25) is 0 Å². The number of nitrogens with zero attached hydrogens (tertiary/aromatic N) is 1. The molecule has 0 aliphatic carbocycles. The highest BCUT2D eigenvalue weighted by Crippen LogP contribution is 2.35. The van der Waals surface area contributed by atoms with Crippen molar-refractivity contribution in [3.63, 3.8) is 0 Å². The van der Waals surface area contributed by atoms with E-state index in [1.807, 2.05) is 44.3 Å². The quantitative estimate of drug-likeness (QED) is 0.692. The van der Waals surface area contributed by atoms with Gasteiger partial charge in [-0.2, -0.15) is 0 Å². The fourth-order valence-corrected chi connectivity index (χ4v) is 2.70. The molecule has 1 aromatic carbocycles. The average Bonchev–Trinajstić information content (AvgIpc) is 2.92. The van der Waals surface area contributed by atoms with Crippen LogP contribution in [0.5, 0.6) is 0 Å². The first kappa shape index (κ1) is 14.3. The van der Waals surface area contributed by atoms with Crippen LogP contribution in [-0.4, -0.2) is 25.1 Å². The van der Waals surface area contributed by atoms with Crippen LogP contribution in [0.3, 0.4) is 0 Å². The molecule has 0 saturated carbocycles. The molecule has 2 rings (SSSR count). The van der Waals surface area contributed by atoms with E-state index in [0.29, 0.717) is 0 Å². The molecule has 0 unspecified atom stereocenters. The van der Waals surface area contributed by atoms with Gasteiger partial charge < -0.3 is 10.1 Å². The molecule has 0 saturated heterocycles. The zero-order chi connectivity index (χ0) is 14.5. The number of aromatic nitrogens is 1. The van der Waals surface area contributed by atoms with Gasteiger partial charge in [-0.05, 0) is 12.5 Å². The summed E-state index contributed by atoms with van der Waals surface area (Å²) in [5.74, 6) is -0.360. The minimum Gasteiger partial charge on any atom is -0.466 e. The number of esters is 1. The molecule has 20 heavy (non-hydrogen) atoms. The predicted molar refractivity (Wildman–Crippen MR) is 82.8 cm³/mol. The summed E-state index contributed by atoms with van der Waals surface area (Å²) in [6, 6.07) is 9.91. The molecule has 0 spiro atoms. The highest BCUT2D eigenvalue weighted by Gasteiger charge is 2.14. The predicted octanol–water partition coefficient (Wildman–Crippen LogP) is 3.43. The van der Waals surface area contributed by atoms with Crippen molar-refractivity contribution in [3.8, 4) is 11.3 Å². The highest BCUT2D eigenvalue weighted by molar-refractivity contribution is 7.17. The van der Waals surface area contributed by atoms with Gasteiger partial charge >= 0.3 is 5.97 Å². The van der Waals surface area contributed by atoms with E-state index in [9.17, 15) is 4.79 Å². The number of benzene rings is 1. The zero-order valence-electron chi connectivity index (χ0n) is 11.6. The van der Waals surface area contributed by atoms with Gasteiger partial charge in [0.05, 0.1) is 17.7 Å². The Bertz CT molecular complexity index is 633. The number of carbonyl (C=O) groups is 1. The Hall–Kier alpha value is -2.14. The van der Waals surface area contributed by atoms with Gasteiger partial charge in [0.15, 0.2) is 5.13 Å². The lowest BCUT2D eigenvalue weighted by atomic mass is 10.1. The summed E-state index contributed by atoms with van der Waals surface area (Å²) in [5, 5.41) is 3.86. The Morgan fingerprint density at radius 2 is 2.05 bits per heavy atom. The van der Waals surface area contributed by atoms with E-state index in [-0.39, 0.29) is 5.97 Å². The number of methoxy groups -OCH3 is 1. The number of hydrogen-bond donors (Lipinski definition) is 1. The lowest BCUT2D eigenvalue weighted by molar-refractivity contribution is -0.134. The molecule has 0 aliphatic heterocycles. The molecular weight excluding hydrogens is 272 g/mol. The number of carbonyl (C=O) groups excluding carboxylic acids is 1. The van der Waals surface area contributed by atoms with E-state index in [2.05, 4.69) is 15.0 Å². The summed E-state index contributed by atoms with van der Waals surface area (Å²) in [4.78, 5) is 16.9. The van der Waals surface area contributed by atoms with Crippen molar-refractivity contribution in [3.05, 3.63) is 41.3 Å². The van der Waals surface area contributed by atoms with Crippen molar-refractivity contribution in [1.82, 2.24) is 4.98 Å². The van der Waals surface area contributed by atoms with E-state index < -0.39 is 0 Å². The van der Waals surface area contributed by atoms with Gasteiger partial charge in [-0.25, -0.2) is 9.78 Å². The molecule has 0 atom stereocenters. The molecular formula is C15H16N2O2S. The smallest absolute Gasteiger partial charge is 0.330 e. The SMILES string of the molecule is CNc1nc(-c2ccccc2)c(/C(C)=C/C(=O)OC)s1. The first-order chi connectivity index (χ1) is 9.65. The Kier molecular flexibility index (Phi) is 4.53. The van der Waals surface area contributed by atoms with Crippen LogP contribution in [0.4, 0.5) is 5.13 Å². The van der Waals surface area contributed by atoms with E-state index in [1.165, 1.54) is 24.5 Å². The zero-order valence-corrected chi connectivity index (χ0v) is 12.5. The highest BCUT2D eigenvalue weighted by atomic mass is 32.1. The van der Waals surface area contributed by atoms with Crippen LogP contribution in [-0.2, 0) is 9.53 Å². The van der Waals surface area contributed by atoms with Crippen molar-refractivity contribution >= 4 is 28.0 Å². The molecule has 2 aromatic rings. The molecule has 0 aliphatic rings. The van der Waals surface area contributed by atoms with Crippen molar-refractivity contribution in [2.75, 3.05) is 19.5 Å². The number of ether oxygens (including phenoxy) is 1. The number of rotatable bonds is 4. The molecule has 1 aromatic heterocycles. The van der Waals surface area contributed by atoms with E-state index in [0.717, 1.165) is 26.8 Å². The van der Waals surface area contributed by atoms with E-state index >= 15 is 0 Å². The van der Waals surface area contributed by atoms with Gasteiger partial charge in [-0.3, -0.25) is 0 Å². The number of hydrogen-bond acceptors (Lipinski definition) is 5. The van der Waals surface area contributed by atoms with Crippen molar-refractivity contribution in [1.29, 1.82) is 0 Å². The second kappa shape index (κ2) is 6.34. The number of allylic oxidation sites excluding steroid dienone is 1. The molecule has 0 bridgehead atoms. The minimum atomic E-state index is -0.360. The van der Waals surface area contributed by atoms with Crippen LogP contribution in [0.1, 0.15) is 11.8 Å². The van der Waals surface area contributed by atoms with Crippen LogP contribution >= 0.6 is 11.3 Å². The van der Waals surface area contributed by atoms with Crippen molar-refractivity contribution in [2.45, 2.75) is 6.92 Å². The van der Waals surface area contributed by atoms with Crippen LogP contribution in [0.15, 0.2) is 36.4 Å². The van der Waals surface area contributed by atoms with Crippen LogP contribution in [0.2, 0.25) is 0 Å². The Balaban J connectivity index is 2.50. The van der Waals surface area contributed by atoms with E-state index in [1.54, 1.807) is 0 Å². The average molecular weight is 288 g/mol. The summed E-state index contributed by atoms with van der Waals surface area (Å²) in [5.41, 5.74) is 2.74. The Morgan fingerprint density at radius 3 is 2.65 bits per heavy atom. The molecule has 104 valence electrons. The third kappa shape index (κ3) is 3.05. The molecule has 1 N–H and O–H groups in total. The first-order valence-electron chi connectivity index (χ1n) is 6.16. The maximum Gasteiger partial charge on any atom is 0.330 e. The van der Waals surface area contributed by atoms with Crippen molar-refractivity contribution in [2.24, 2.45) is 0 Å². The summed E-state index contributed by atoms with van der Waals surface area (Å²) in [7, 11) is 3.20. The van der Waals surface area contributed by atoms with Gasteiger partial charge in [-0.1, -0.05) is 41.7 Å². The molecule has 0 fully saturated rings. The van der Waals surface area contributed by atoms with Gasteiger partial charge in [-0.15, -0.1) is 0 Å². The number of anilines is 1. The van der Waals surface area contributed by atoms with Crippen molar-refractivity contribution < 1.29 is 9.53 Å². The summed E-state index contributed by atoms with van der Waals surface area (Å²) in [6.45, 7) is 1.89. The number of thiazole rings is 1. The van der Waals surface area contributed by atoms with Gasteiger partial charge in [0.1, 0.15) is 0 Å². The largest absolute Gasteiger partial charge is 0.466 e. The van der Waals surface area contributed by atoms with Crippen LogP contribution < -0.4 is 5.32 Å². The maximum absolute atomic E-state index is 11.4. The van der Waals surface area contributed by atoms with Gasteiger partial charge in [0.25, 0.3) is 0 Å². The fraction of sp³-hybridized carbons (Fsp3) is 0.200. The standard InChI is InChI=1S/C15H16N2O2S/c1-10(9-12(18)19-3)14-13(17-15(16-2)20-14)11-7-5-4-6-8-11/h4-9H,1-3H3,(H,16,17)/b10-9+. The van der Waals surface area contributed by atoms with Crippen LogP contribution in [0.25, 0.3) is 16.8 Å². The fourth-order valence-electron chi connectivity index (χ4n) is 1.79. The molecule has 1 heterocycles. The molecule has 5 heteroatoms. The third-order valence-electron chi connectivity index (χ3n) is 2.78. The number of nitrogens with one attached hydrogen (secondary N) is 1. The molecule has 0 radical (unpaired) electrons. The lowest BCUT2D eigenvalue weighted by Gasteiger charge is -2.02. The van der Waals surface area contributed by atoms with Gasteiger partial charge in [0, 0.05) is 18.7 Å². The Labute approximate surface area is 122 Å². The first-order valence-corrected chi connectivity index (χ1v) is 6.98. The summed E-state index contributed by atoms with van der Waals surface area (Å²) in [6.07, 6.45) is 1.49. The van der Waals surface area contributed by atoms with E-state index in [4.69, 9.17) is 0 Å². The monoisotopic (exact) mass is 288 g/mol. The topological polar surface area (TPSA) is 51.2 Å². The van der Waals surface area contributed by atoms with Crippen LogP contribution in [0, 0.1) is 0 Å².